The zero-order valence-electron chi connectivity index (χ0n) is 30.3. The van der Waals surface area contributed by atoms with Gasteiger partial charge in [-0.1, -0.05) is 141 Å². The van der Waals surface area contributed by atoms with Crippen LogP contribution in [-0.2, 0) is 9.47 Å². The molecule has 0 N–H and O–H groups in total. The molecule has 1 aliphatic heterocycles. The summed E-state index contributed by atoms with van der Waals surface area (Å²) in [5.74, 6) is 0.852. The average Bonchev–Trinajstić information content (AvgIpc) is 3.43. The SMILES string of the molecule is CCCCC/C=C\C/C=C\CCCCCCC[C@@H](OCCCCCCCC/C=C\CC(C)CCCCC)O[C@H]1CCN(C)C1. The standard InChI is InChI=1S/C41H77NO2/c1-5-7-9-10-11-12-13-14-15-16-17-20-23-26-30-34-41(44-40-35-36-42(4)38-40)43-37-31-27-24-21-18-19-22-25-29-33-39(3)32-28-8-6-2/h11-12,14-15,25,29,39-41H,5-10,13,16-24,26-28,30-38H2,1-4H3/b12-11-,15-14-,29-25-/t39?,40-,41-/m0/s1. The fraction of sp³-hybridized carbons (Fsp3) is 0.854. The summed E-state index contributed by atoms with van der Waals surface area (Å²) in [5.41, 5.74) is 0. The Morgan fingerprint density at radius 1 is 0.636 bits per heavy atom. The fourth-order valence-electron chi connectivity index (χ4n) is 6.13. The van der Waals surface area contributed by atoms with Crippen molar-refractivity contribution in [3.63, 3.8) is 0 Å². The summed E-state index contributed by atoms with van der Waals surface area (Å²) < 4.78 is 12.8. The van der Waals surface area contributed by atoms with Crippen LogP contribution < -0.4 is 0 Å². The van der Waals surface area contributed by atoms with Crippen LogP contribution in [0.3, 0.4) is 0 Å². The lowest BCUT2D eigenvalue weighted by molar-refractivity contribution is -0.171. The van der Waals surface area contributed by atoms with E-state index in [1.54, 1.807) is 0 Å². The Bertz CT molecular complexity index is 672. The molecule has 1 fully saturated rings. The third-order valence-electron chi connectivity index (χ3n) is 9.16. The van der Waals surface area contributed by atoms with Gasteiger partial charge in [0.2, 0.25) is 0 Å². The number of allylic oxidation sites excluding steroid dienone is 6. The molecule has 0 amide bonds. The van der Waals surface area contributed by atoms with Crippen molar-refractivity contribution in [1.82, 2.24) is 4.90 Å². The van der Waals surface area contributed by atoms with Crippen molar-refractivity contribution in [3.8, 4) is 0 Å². The molecular weight excluding hydrogens is 538 g/mol. The zero-order valence-corrected chi connectivity index (χ0v) is 30.3. The van der Waals surface area contributed by atoms with Gasteiger partial charge in [-0.05, 0) is 90.0 Å². The number of ether oxygens (including phenoxy) is 2. The molecule has 0 aromatic heterocycles. The van der Waals surface area contributed by atoms with Gasteiger partial charge in [0.15, 0.2) is 6.29 Å². The first-order valence-electron chi connectivity index (χ1n) is 19.6. The van der Waals surface area contributed by atoms with Crippen LogP contribution in [0.15, 0.2) is 36.5 Å². The normalized spacial score (nSPS) is 17.6. The number of nitrogens with zero attached hydrogens (tertiary/aromatic N) is 1. The molecule has 1 aliphatic rings. The van der Waals surface area contributed by atoms with E-state index in [1.165, 1.54) is 141 Å². The van der Waals surface area contributed by atoms with E-state index in [2.05, 4.69) is 69.2 Å². The van der Waals surface area contributed by atoms with Crippen LogP contribution in [0.4, 0.5) is 0 Å². The van der Waals surface area contributed by atoms with E-state index in [1.807, 2.05) is 0 Å². The van der Waals surface area contributed by atoms with E-state index < -0.39 is 0 Å². The molecule has 1 saturated heterocycles. The number of likely N-dealkylation sites (tertiary alicyclic amines) is 1. The number of rotatable bonds is 32. The molecule has 3 atom stereocenters. The highest BCUT2D eigenvalue weighted by atomic mass is 16.7. The molecule has 0 bridgehead atoms. The molecule has 3 nitrogen and oxygen atoms in total. The highest BCUT2D eigenvalue weighted by Crippen LogP contribution is 2.19. The quantitative estimate of drug-likeness (QED) is 0.0427. The molecule has 44 heavy (non-hydrogen) atoms. The van der Waals surface area contributed by atoms with Crippen LogP contribution in [0, 0.1) is 5.92 Å². The molecule has 258 valence electrons. The first kappa shape index (κ1) is 41.1. The van der Waals surface area contributed by atoms with Crippen molar-refractivity contribution in [3.05, 3.63) is 36.5 Å². The summed E-state index contributed by atoms with van der Waals surface area (Å²) in [6.07, 6.45) is 46.8. The lowest BCUT2D eigenvalue weighted by Crippen LogP contribution is -2.27. The van der Waals surface area contributed by atoms with E-state index >= 15 is 0 Å². The van der Waals surface area contributed by atoms with Crippen molar-refractivity contribution in [2.75, 3.05) is 26.7 Å². The summed E-state index contributed by atoms with van der Waals surface area (Å²) in [5, 5.41) is 0. The molecule has 0 aromatic rings. The second-order valence-electron chi connectivity index (χ2n) is 13.8. The van der Waals surface area contributed by atoms with Gasteiger partial charge < -0.3 is 14.4 Å². The van der Waals surface area contributed by atoms with Gasteiger partial charge in [0.25, 0.3) is 0 Å². The molecule has 3 heteroatoms. The van der Waals surface area contributed by atoms with Gasteiger partial charge in [0.1, 0.15) is 0 Å². The Morgan fingerprint density at radius 3 is 1.82 bits per heavy atom. The van der Waals surface area contributed by atoms with Gasteiger partial charge in [0, 0.05) is 19.7 Å². The first-order valence-corrected chi connectivity index (χ1v) is 19.6. The van der Waals surface area contributed by atoms with E-state index in [4.69, 9.17) is 9.47 Å². The molecule has 0 saturated carbocycles. The van der Waals surface area contributed by atoms with E-state index in [-0.39, 0.29) is 6.29 Å². The minimum absolute atomic E-state index is 0.00869. The predicted octanol–water partition coefficient (Wildman–Crippen LogP) is 12.8. The monoisotopic (exact) mass is 616 g/mol. The van der Waals surface area contributed by atoms with Crippen LogP contribution >= 0.6 is 0 Å². The second kappa shape index (κ2) is 32.1. The van der Waals surface area contributed by atoms with Crippen LogP contribution in [0.1, 0.15) is 181 Å². The predicted molar refractivity (Wildman–Crippen MR) is 195 cm³/mol. The van der Waals surface area contributed by atoms with Crippen LogP contribution in [0.25, 0.3) is 0 Å². The molecule has 1 heterocycles. The summed E-state index contributed by atoms with van der Waals surface area (Å²) in [7, 11) is 2.20. The van der Waals surface area contributed by atoms with Gasteiger partial charge in [0.05, 0.1) is 6.10 Å². The van der Waals surface area contributed by atoms with Gasteiger partial charge >= 0.3 is 0 Å². The minimum Gasteiger partial charge on any atom is -0.353 e. The Hall–Kier alpha value is -0.900. The fourth-order valence-corrected chi connectivity index (χ4v) is 6.13. The molecular formula is C41H77NO2. The van der Waals surface area contributed by atoms with E-state index in [0.29, 0.717) is 6.10 Å². The third-order valence-corrected chi connectivity index (χ3v) is 9.16. The summed E-state index contributed by atoms with van der Waals surface area (Å²) in [6, 6.07) is 0. The lowest BCUT2D eigenvalue weighted by Gasteiger charge is -2.22. The minimum atomic E-state index is -0.00869. The van der Waals surface area contributed by atoms with Crippen molar-refractivity contribution < 1.29 is 9.47 Å². The smallest absolute Gasteiger partial charge is 0.158 e. The van der Waals surface area contributed by atoms with Crippen molar-refractivity contribution in [1.29, 1.82) is 0 Å². The highest BCUT2D eigenvalue weighted by molar-refractivity contribution is 4.92. The first-order chi connectivity index (χ1) is 21.7. The van der Waals surface area contributed by atoms with Crippen LogP contribution in [0.5, 0.6) is 0 Å². The maximum atomic E-state index is 6.45. The van der Waals surface area contributed by atoms with Gasteiger partial charge in [-0.25, -0.2) is 0 Å². The Balaban J connectivity index is 2.05. The summed E-state index contributed by atoms with van der Waals surface area (Å²) >= 11 is 0. The summed E-state index contributed by atoms with van der Waals surface area (Å²) in [4.78, 5) is 2.38. The van der Waals surface area contributed by atoms with Crippen molar-refractivity contribution in [2.24, 2.45) is 5.92 Å². The second-order valence-corrected chi connectivity index (χ2v) is 13.8. The maximum absolute atomic E-state index is 6.45. The maximum Gasteiger partial charge on any atom is 0.158 e. The number of likely N-dealkylation sites (N-methyl/N-ethyl adjacent to an activating group) is 1. The van der Waals surface area contributed by atoms with Gasteiger partial charge in [-0.2, -0.15) is 0 Å². The van der Waals surface area contributed by atoms with Gasteiger partial charge in [-0.15, -0.1) is 0 Å². The van der Waals surface area contributed by atoms with E-state index in [0.717, 1.165) is 44.9 Å². The Morgan fingerprint density at radius 2 is 1.18 bits per heavy atom. The Kier molecular flexibility index (Phi) is 30.0. The molecule has 0 aromatic carbocycles. The van der Waals surface area contributed by atoms with Crippen molar-refractivity contribution in [2.45, 2.75) is 194 Å². The largest absolute Gasteiger partial charge is 0.353 e. The molecule has 0 aliphatic carbocycles. The topological polar surface area (TPSA) is 21.7 Å². The van der Waals surface area contributed by atoms with Crippen LogP contribution in [-0.4, -0.2) is 44.0 Å². The molecule has 0 spiro atoms. The Labute approximate surface area is 276 Å². The number of unbranched alkanes of at least 4 members (excludes halogenated alkanes) is 16. The number of hydrogen-bond donors (Lipinski definition) is 0. The average molecular weight is 616 g/mol. The lowest BCUT2D eigenvalue weighted by atomic mass is 9.99. The summed E-state index contributed by atoms with van der Waals surface area (Å²) in [6.45, 7) is 10.0. The van der Waals surface area contributed by atoms with Crippen molar-refractivity contribution >= 4 is 0 Å². The molecule has 0 radical (unpaired) electrons. The molecule has 1 rings (SSSR count). The van der Waals surface area contributed by atoms with Crippen LogP contribution in [0.2, 0.25) is 0 Å². The number of hydrogen-bond acceptors (Lipinski definition) is 3. The third kappa shape index (κ3) is 27.4. The zero-order chi connectivity index (χ0) is 31.8. The highest BCUT2D eigenvalue weighted by Gasteiger charge is 2.23. The molecule has 1 unspecified atom stereocenters. The van der Waals surface area contributed by atoms with E-state index in [9.17, 15) is 0 Å². The van der Waals surface area contributed by atoms with Gasteiger partial charge in [-0.3, -0.25) is 0 Å².